The Morgan fingerprint density at radius 2 is 1.96 bits per heavy atom. The van der Waals surface area contributed by atoms with E-state index in [0.29, 0.717) is 13.2 Å². The maximum Gasteiger partial charge on any atom is 0.122 e. The summed E-state index contributed by atoms with van der Waals surface area (Å²) in [5.74, 6) is 0.943. The van der Waals surface area contributed by atoms with Gasteiger partial charge in [-0.1, -0.05) is 52.3 Å². The molecule has 3 nitrogen and oxygen atoms in total. The molecule has 1 aliphatic rings. The third-order valence-corrected chi connectivity index (χ3v) is 5.01. The Morgan fingerprint density at radius 1 is 1.17 bits per heavy atom. The highest BCUT2D eigenvalue weighted by molar-refractivity contribution is 9.09. The number of hydrogen-bond acceptors (Lipinski definition) is 3. The summed E-state index contributed by atoms with van der Waals surface area (Å²) in [5.41, 5.74) is 4.94. The van der Waals surface area contributed by atoms with Gasteiger partial charge < -0.3 is 14.2 Å². The van der Waals surface area contributed by atoms with Crippen LogP contribution in [0.5, 0.6) is 5.75 Å². The summed E-state index contributed by atoms with van der Waals surface area (Å²) in [5, 5.41) is 0.767. The number of alkyl halides is 1. The van der Waals surface area contributed by atoms with E-state index in [9.17, 15) is 0 Å². The summed E-state index contributed by atoms with van der Waals surface area (Å²) in [6.07, 6.45) is 0.895. The average molecular weight is 391 g/mol. The molecule has 1 heterocycles. The highest BCUT2D eigenvalue weighted by atomic mass is 79.9. The standard InChI is InChI=1S/C20H23BrO3/c1-14-8-9-18(22-2)17-10-16(24-19(11-21)20(14)17)13-23-12-15-6-4-3-5-7-15/h3-9,16,19H,10-13H2,1-2H3/t16-,19-/m0/s1. The minimum Gasteiger partial charge on any atom is -0.496 e. The van der Waals surface area contributed by atoms with Crippen LogP contribution >= 0.6 is 15.9 Å². The maximum atomic E-state index is 6.25. The van der Waals surface area contributed by atoms with Crippen molar-refractivity contribution in [3.05, 3.63) is 64.7 Å². The van der Waals surface area contributed by atoms with E-state index in [4.69, 9.17) is 14.2 Å². The van der Waals surface area contributed by atoms with E-state index >= 15 is 0 Å². The smallest absolute Gasteiger partial charge is 0.122 e. The van der Waals surface area contributed by atoms with Crippen LogP contribution in [-0.2, 0) is 22.5 Å². The predicted molar refractivity (Wildman–Crippen MR) is 98.9 cm³/mol. The zero-order chi connectivity index (χ0) is 16.9. The number of methoxy groups -OCH3 is 1. The highest BCUT2D eigenvalue weighted by Gasteiger charge is 2.30. The van der Waals surface area contributed by atoms with Gasteiger partial charge >= 0.3 is 0 Å². The topological polar surface area (TPSA) is 27.7 Å². The Kier molecular flexibility index (Phi) is 5.93. The summed E-state index contributed by atoms with van der Waals surface area (Å²) in [4.78, 5) is 0. The lowest BCUT2D eigenvalue weighted by atomic mass is 9.90. The molecule has 0 spiro atoms. The van der Waals surface area contributed by atoms with Crippen LogP contribution in [0.2, 0.25) is 0 Å². The Morgan fingerprint density at radius 3 is 2.67 bits per heavy atom. The Bertz CT molecular complexity index is 672. The summed E-state index contributed by atoms with van der Waals surface area (Å²) < 4.78 is 17.7. The largest absolute Gasteiger partial charge is 0.496 e. The van der Waals surface area contributed by atoms with Gasteiger partial charge in [-0.25, -0.2) is 0 Å². The lowest BCUT2D eigenvalue weighted by Crippen LogP contribution is -2.31. The molecule has 2 aromatic carbocycles. The van der Waals surface area contributed by atoms with Gasteiger partial charge in [0.15, 0.2) is 0 Å². The number of fused-ring (bicyclic) bond motifs is 1. The zero-order valence-corrected chi connectivity index (χ0v) is 15.7. The molecule has 2 aromatic rings. The van der Waals surface area contributed by atoms with Gasteiger partial charge in [-0.3, -0.25) is 0 Å². The summed E-state index contributed by atoms with van der Waals surface area (Å²) in [7, 11) is 1.73. The third kappa shape index (κ3) is 3.82. The molecule has 128 valence electrons. The van der Waals surface area contributed by atoms with E-state index in [2.05, 4.69) is 41.1 Å². The molecule has 0 amide bonds. The molecule has 0 saturated heterocycles. The van der Waals surface area contributed by atoms with Gasteiger partial charge in [0.1, 0.15) is 5.75 Å². The zero-order valence-electron chi connectivity index (χ0n) is 14.1. The van der Waals surface area contributed by atoms with Gasteiger partial charge in [0.25, 0.3) is 0 Å². The SMILES string of the molecule is COc1ccc(C)c2c1C[C@@H](COCc1ccccc1)O[C@H]2CBr. The van der Waals surface area contributed by atoms with Crippen molar-refractivity contribution in [2.45, 2.75) is 32.2 Å². The molecule has 2 atom stereocenters. The Hall–Kier alpha value is -1.36. The molecule has 3 rings (SSSR count). The van der Waals surface area contributed by atoms with Gasteiger partial charge in [0.2, 0.25) is 0 Å². The minimum atomic E-state index is 0.0363. The maximum absolute atomic E-state index is 6.25. The molecule has 0 bridgehead atoms. The molecule has 0 saturated carbocycles. The molecular formula is C20H23BrO3. The van der Waals surface area contributed by atoms with Gasteiger partial charge in [0.05, 0.1) is 32.5 Å². The lowest BCUT2D eigenvalue weighted by molar-refractivity contribution is -0.0627. The van der Waals surface area contributed by atoms with Crippen molar-refractivity contribution in [1.29, 1.82) is 0 Å². The van der Waals surface area contributed by atoms with Crippen LogP contribution in [0.1, 0.15) is 28.4 Å². The van der Waals surface area contributed by atoms with Crippen LogP contribution in [0.3, 0.4) is 0 Å². The highest BCUT2D eigenvalue weighted by Crippen LogP contribution is 2.38. The van der Waals surface area contributed by atoms with Crippen LogP contribution < -0.4 is 4.74 Å². The predicted octanol–water partition coefficient (Wildman–Crippen LogP) is 4.60. The third-order valence-electron chi connectivity index (χ3n) is 4.42. The second kappa shape index (κ2) is 8.15. The number of aryl methyl sites for hydroxylation is 1. The summed E-state index contributed by atoms with van der Waals surface area (Å²) in [6, 6.07) is 14.4. The minimum absolute atomic E-state index is 0.0363. The van der Waals surface area contributed by atoms with Crippen molar-refractivity contribution >= 4 is 15.9 Å². The first-order valence-corrected chi connectivity index (χ1v) is 9.34. The fraction of sp³-hybridized carbons (Fsp3) is 0.400. The summed E-state index contributed by atoms with van der Waals surface area (Å²) in [6.45, 7) is 3.32. The molecule has 0 radical (unpaired) electrons. The molecule has 4 heteroatoms. The van der Waals surface area contributed by atoms with E-state index in [1.807, 2.05) is 24.3 Å². The van der Waals surface area contributed by atoms with Crippen molar-refractivity contribution in [3.8, 4) is 5.75 Å². The molecular weight excluding hydrogens is 368 g/mol. The molecule has 0 aliphatic carbocycles. The van der Waals surface area contributed by atoms with Crippen molar-refractivity contribution in [2.75, 3.05) is 19.0 Å². The molecule has 0 N–H and O–H groups in total. The quantitative estimate of drug-likeness (QED) is 0.674. The second-order valence-electron chi connectivity index (χ2n) is 6.08. The van der Waals surface area contributed by atoms with Crippen LogP contribution in [0.4, 0.5) is 0 Å². The van der Waals surface area contributed by atoms with Gasteiger partial charge in [0, 0.05) is 17.3 Å². The fourth-order valence-corrected chi connectivity index (χ4v) is 3.76. The van der Waals surface area contributed by atoms with Crippen LogP contribution in [0.15, 0.2) is 42.5 Å². The van der Waals surface area contributed by atoms with E-state index in [1.165, 1.54) is 22.3 Å². The number of rotatable bonds is 6. The molecule has 24 heavy (non-hydrogen) atoms. The van der Waals surface area contributed by atoms with E-state index in [0.717, 1.165) is 17.5 Å². The first-order chi connectivity index (χ1) is 11.7. The lowest BCUT2D eigenvalue weighted by Gasteiger charge is -2.33. The normalized spacial score (nSPS) is 19.8. The van der Waals surface area contributed by atoms with Gasteiger partial charge in [-0.15, -0.1) is 0 Å². The summed E-state index contributed by atoms with van der Waals surface area (Å²) >= 11 is 3.59. The van der Waals surface area contributed by atoms with Crippen molar-refractivity contribution in [3.63, 3.8) is 0 Å². The number of ether oxygens (including phenoxy) is 3. The van der Waals surface area contributed by atoms with Crippen molar-refractivity contribution in [1.82, 2.24) is 0 Å². The number of halogens is 1. The first-order valence-electron chi connectivity index (χ1n) is 8.22. The van der Waals surface area contributed by atoms with Crippen LogP contribution in [0.25, 0.3) is 0 Å². The monoisotopic (exact) mass is 390 g/mol. The Labute approximate surface area is 152 Å². The van der Waals surface area contributed by atoms with Crippen molar-refractivity contribution < 1.29 is 14.2 Å². The molecule has 0 fully saturated rings. The van der Waals surface area contributed by atoms with E-state index < -0.39 is 0 Å². The van der Waals surface area contributed by atoms with E-state index in [-0.39, 0.29) is 12.2 Å². The van der Waals surface area contributed by atoms with E-state index in [1.54, 1.807) is 7.11 Å². The van der Waals surface area contributed by atoms with Crippen LogP contribution in [-0.4, -0.2) is 25.2 Å². The van der Waals surface area contributed by atoms with Gasteiger partial charge in [-0.05, 0) is 29.7 Å². The second-order valence-corrected chi connectivity index (χ2v) is 6.73. The number of hydrogen-bond donors (Lipinski definition) is 0. The average Bonchev–Trinajstić information content (AvgIpc) is 2.62. The van der Waals surface area contributed by atoms with Gasteiger partial charge in [-0.2, -0.15) is 0 Å². The molecule has 0 aromatic heterocycles. The Balaban J connectivity index is 1.70. The molecule has 1 aliphatic heterocycles. The molecule has 0 unspecified atom stereocenters. The van der Waals surface area contributed by atoms with Crippen molar-refractivity contribution in [2.24, 2.45) is 0 Å². The first kappa shape index (κ1) is 17.5. The fourth-order valence-electron chi connectivity index (χ4n) is 3.28. The van der Waals surface area contributed by atoms with Crippen LogP contribution in [0, 0.1) is 6.92 Å². The number of benzene rings is 2.